The van der Waals surface area contributed by atoms with Crippen molar-refractivity contribution in [3.63, 3.8) is 0 Å². The first-order chi connectivity index (χ1) is 17.1. The Morgan fingerprint density at radius 1 is 0.314 bits per heavy atom. The molecule has 0 rings (SSSR count). The van der Waals surface area contributed by atoms with Crippen molar-refractivity contribution in [3.05, 3.63) is 0 Å². The van der Waals surface area contributed by atoms with Gasteiger partial charge in [-0.2, -0.15) is 0 Å². The van der Waals surface area contributed by atoms with Gasteiger partial charge in [0.2, 0.25) is 0 Å². The van der Waals surface area contributed by atoms with Gasteiger partial charge in [0.25, 0.3) is 0 Å². The van der Waals surface area contributed by atoms with Crippen LogP contribution in [0.5, 0.6) is 0 Å². The van der Waals surface area contributed by atoms with Crippen LogP contribution in [0.3, 0.4) is 0 Å². The minimum Gasteiger partial charge on any atom is -0.300 e. The Hall–Kier alpha value is -0.660. The number of hydrogen-bond donors (Lipinski definition) is 0. The Morgan fingerprint density at radius 2 is 0.543 bits per heavy atom. The smallest absolute Gasteiger partial charge is 0.132 e. The largest absolute Gasteiger partial charge is 0.300 e. The molecular formula is C33H66O2. The van der Waals surface area contributed by atoms with Gasteiger partial charge in [0.15, 0.2) is 0 Å². The van der Waals surface area contributed by atoms with Crippen LogP contribution >= 0.6 is 0 Å². The van der Waals surface area contributed by atoms with Crippen molar-refractivity contribution in [2.75, 3.05) is 0 Å². The first-order valence-corrected chi connectivity index (χ1v) is 16.2. The van der Waals surface area contributed by atoms with Crippen molar-refractivity contribution in [2.24, 2.45) is 0 Å². The molecule has 0 unspecified atom stereocenters. The summed E-state index contributed by atoms with van der Waals surface area (Å²) in [7, 11) is 0. The topological polar surface area (TPSA) is 34.1 Å². The van der Waals surface area contributed by atoms with E-state index in [1.165, 1.54) is 128 Å². The summed E-state index contributed by atoms with van der Waals surface area (Å²) in [5.41, 5.74) is 0. The molecule has 0 spiro atoms. The number of carbonyl (C=O) groups is 2. The highest BCUT2D eigenvalue weighted by atomic mass is 16.1. The third-order valence-corrected chi connectivity index (χ3v) is 7.07. The van der Waals surface area contributed by atoms with Gasteiger partial charge in [0.1, 0.15) is 11.6 Å². The van der Waals surface area contributed by atoms with Crippen LogP contribution in [-0.2, 0) is 9.59 Å². The van der Waals surface area contributed by atoms with E-state index in [0.29, 0.717) is 11.6 Å². The standard InChI is InChI=1S/C17H34O.C16H32O/c1-3-5-7-9-11-13-15-17(18)16-14-12-10-8-6-4-2;1-3-5-6-7-8-9-10-11-12-13-14-15-16(17)4-2/h3-16H2,1-2H3;3-15H2,1-2H3. The van der Waals surface area contributed by atoms with Gasteiger partial charge in [-0.15, -0.1) is 0 Å². The van der Waals surface area contributed by atoms with E-state index in [0.717, 1.165) is 44.9 Å². The van der Waals surface area contributed by atoms with E-state index in [9.17, 15) is 9.59 Å². The first kappa shape index (κ1) is 36.5. The number of Topliss-reactive ketones (excluding diaryl/α,β-unsaturated/α-hetero) is 2. The lowest BCUT2D eigenvalue weighted by Gasteiger charge is -2.02. The lowest BCUT2D eigenvalue weighted by atomic mass is 10.0. The van der Waals surface area contributed by atoms with Crippen molar-refractivity contribution in [2.45, 2.75) is 201 Å². The van der Waals surface area contributed by atoms with Gasteiger partial charge in [-0.3, -0.25) is 9.59 Å². The summed E-state index contributed by atoms with van der Waals surface area (Å²) in [6.07, 6.45) is 33.5. The van der Waals surface area contributed by atoms with Gasteiger partial charge in [0.05, 0.1) is 0 Å². The molecule has 2 nitrogen and oxygen atoms in total. The highest BCUT2D eigenvalue weighted by Crippen LogP contribution is 2.13. The number of hydrogen-bond acceptors (Lipinski definition) is 2. The molecule has 210 valence electrons. The summed E-state index contributed by atoms with van der Waals surface area (Å²) in [5, 5.41) is 0. The summed E-state index contributed by atoms with van der Waals surface area (Å²) in [5.74, 6) is 0.932. The van der Waals surface area contributed by atoms with Crippen molar-refractivity contribution in [1.82, 2.24) is 0 Å². The second-order valence-corrected chi connectivity index (χ2v) is 10.8. The van der Waals surface area contributed by atoms with E-state index >= 15 is 0 Å². The van der Waals surface area contributed by atoms with Crippen molar-refractivity contribution in [1.29, 1.82) is 0 Å². The molecule has 0 atom stereocenters. The number of unbranched alkanes of at least 4 members (excludes halogenated alkanes) is 20. The summed E-state index contributed by atoms with van der Waals surface area (Å²) in [6, 6.07) is 0. The lowest BCUT2D eigenvalue weighted by molar-refractivity contribution is -0.119. The molecule has 2 heteroatoms. The van der Waals surface area contributed by atoms with Crippen LogP contribution in [0.4, 0.5) is 0 Å². The van der Waals surface area contributed by atoms with Gasteiger partial charge < -0.3 is 0 Å². The van der Waals surface area contributed by atoms with Gasteiger partial charge in [-0.1, -0.05) is 156 Å². The van der Waals surface area contributed by atoms with Crippen LogP contribution in [0.15, 0.2) is 0 Å². The Balaban J connectivity index is 0. The fourth-order valence-electron chi connectivity index (χ4n) is 4.49. The van der Waals surface area contributed by atoms with Gasteiger partial charge >= 0.3 is 0 Å². The van der Waals surface area contributed by atoms with Crippen LogP contribution < -0.4 is 0 Å². The van der Waals surface area contributed by atoms with E-state index < -0.39 is 0 Å². The predicted molar refractivity (Wildman–Crippen MR) is 157 cm³/mol. The Bertz CT molecular complexity index is 397. The molecular weight excluding hydrogens is 428 g/mol. The second-order valence-electron chi connectivity index (χ2n) is 10.8. The summed E-state index contributed by atoms with van der Waals surface area (Å²) < 4.78 is 0. The third-order valence-electron chi connectivity index (χ3n) is 7.07. The van der Waals surface area contributed by atoms with E-state index in [1.807, 2.05) is 6.92 Å². The zero-order chi connectivity index (χ0) is 26.2. The second kappa shape index (κ2) is 33.3. The number of rotatable bonds is 27. The maximum Gasteiger partial charge on any atom is 0.132 e. The molecule has 0 aliphatic carbocycles. The Kier molecular flexibility index (Phi) is 34.8. The van der Waals surface area contributed by atoms with E-state index in [1.54, 1.807) is 0 Å². The highest BCUT2D eigenvalue weighted by Gasteiger charge is 2.02. The SMILES string of the molecule is CCCCCCCCC(=O)CCCCCCCC.CCCCCCCCCCCCCC(=O)CC. The molecule has 0 N–H and O–H groups in total. The van der Waals surface area contributed by atoms with Gasteiger partial charge in [0, 0.05) is 25.7 Å². The maximum atomic E-state index is 11.6. The van der Waals surface area contributed by atoms with Crippen molar-refractivity contribution >= 4 is 11.6 Å². The van der Waals surface area contributed by atoms with Crippen molar-refractivity contribution in [3.8, 4) is 0 Å². The molecule has 0 radical (unpaired) electrons. The quantitative estimate of drug-likeness (QED) is 0.106. The molecule has 0 aromatic carbocycles. The van der Waals surface area contributed by atoms with E-state index in [-0.39, 0.29) is 0 Å². The molecule has 0 saturated heterocycles. The first-order valence-electron chi connectivity index (χ1n) is 16.2. The molecule has 0 aromatic rings. The summed E-state index contributed by atoms with van der Waals surface area (Å²) >= 11 is 0. The Morgan fingerprint density at radius 3 is 0.800 bits per heavy atom. The zero-order valence-corrected chi connectivity index (χ0v) is 24.9. The van der Waals surface area contributed by atoms with E-state index in [2.05, 4.69) is 20.8 Å². The molecule has 0 fully saturated rings. The minimum atomic E-state index is 0.431. The van der Waals surface area contributed by atoms with Crippen LogP contribution in [0, 0.1) is 0 Å². The molecule has 35 heavy (non-hydrogen) atoms. The third kappa shape index (κ3) is 35.6. The predicted octanol–water partition coefficient (Wildman–Crippen LogP) is 11.7. The molecule has 0 saturated carbocycles. The number of ketones is 2. The van der Waals surface area contributed by atoms with Crippen LogP contribution in [0.2, 0.25) is 0 Å². The van der Waals surface area contributed by atoms with Crippen LogP contribution in [0.25, 0.3) is 0 Å². The fraction of sp³-hybridized carbons (Fsp3) is 0.939. The van der Waals surface area contributed by atoms with Crippen molar-refractivity contribution < 1.29 is 9.59 Å². The van der Waals surface area contributed by atoms with Gasteiger partial charge in [-0.25, -0.2) is 0 Å². The molecule has 0 aliphatic rings. The lowest BCUT2D eigenvalue weighted by Crippen LogP contribution is -1.97. The Labute approximate surface area is 222 Å². The van der Waals surface area contributed by atoms with Crippen LogP contribution in [0.1, 0.15) is 201 Å². The number of carbonyl (C=O) groups excluding carboxylic acids is 2. The fourth-order valence-corrected chi connectivity index (χ4v) is 4.49. The molecule has 0 heterocycles. The monoisotopic (exact) mass is 495 g/mol. The van der Waals surface area contributed by atoms with Gasteiger partial charge in [-0.05, 0) is 19.3 Å². The van der Waals surface area contributed by atoms with Crippen LogP contribution in [-0.4, -0.2) is 11.6 Å². The average Bonchev–Trinajstić information content (AvgIpc) is 2.87. The molecule has 0 aromatic heterocycles. The average molecular weight is 495 g/mol. The summed E-state index contributed by atoms with van der Waals surface area (Å²) in [6.45, 7) is 8.71. The highest BCUT2D eigenvalue weighted by molar-refractivity contribution is 5.78. The van der Waals surface area contributed by atoms with E-state index in [4.69, 9.17) is 0 Å². The normalized spacial score (nSPS) is 10.7. The minimum absolute atomic E-state index is 0.431. The summed E-state index contributed by atoms with van der Waals surface area (Å²) in [4.78, 5) is 22.7. The maximum absolute atomic E-state index is 11.6. The molecule has 0 bridgehead atoms. The zero-order valence-electron chi connectivity index (χ0n) is 24.9. The molecule has 0 aliphatic heterocycles. The molecule has 0 amide bonds.